The van der Waals surface area contributed by atoms with Crippen molar-refractivity contribution < 1.29 is 9.53 Å². The molecule has 6 nitrogen and oxygen atoms in total. The molecular formula is C22H20N4O2. The van der Waals surface area contributed by atoms with Crippen LogP contribution in [0.25, 0.3) is 5.65 Å². The normalized spacial score (nSPS) is 10.8. The van der Waals surface area contributed by atoms with Gasteiger partial charge in [0.15, 0.2) is 11.4 Å². The third-order valence-corrected chi connectivity index (χ3v) is 4.59. The third-order valence-electron chi connectivity index (χ3n) is 4.59. The number of amides is 1. The average Bonchev–Trinajstić information content (AvgIpc) is 3.06. The summed E-state index contributed by atoms with van der Waals surface area (Å²) in [6.45, 7) is 1.82. The topological polar surface area (TPSA) is 68.5 Å². The number of carbonyl (C=O) groups is 1. The highest BCUT2D eigenvalue weighted by molar-refractivity contribution is 6.04. The van der Waals surface area contributed by atoms with Crippen LogP contribution in [0.5, 0.6) is 5.75 Å². The maximum absolute atomic E-state index is 12.9. The number of aromatic nitrogens is 3. The molecule has 4 rings (SSSR count). The van der Waals surface area contributed by atoms with Gasteiger partial charge < -0.3 is 10.1 Å². The number of rotatable bonds is 5. The monoisotopic (exact) mass is 372 g/mol. The molecule has 0 atom stereocenters. The minimum absolute atomic E-state index is 0.208. The lowest BCUT2D eigenvalue weighted by Gasteiger charge is -2.08. The smallest absolute Gasteiger partial charge is 0.274 e. The number of anilines is 1. The number of nitrogens with one attached hydrogen (secondary N) is 1. The largest absolute Gasteiger partial charge is 0.493 e. The van der Waals surface area contributed by atoms with E-state index in [2.05, 4.69) is 15.3 Å². The first-order valence-corrected chi connectivity index (χ1v) is 8.96. The Hall–Kier alpha value is -3.67. The first-order valence-electron chi connectivity index (χ1n) is 8.96. The van der Waals surface area contributed by atoms with Gasteiger partial charge in [-0.15, -0.1) is 0 Å². The third kappa shape index (κ3) is 3.44. The van der Waals surface area contributed by atoms with Crippen LogP contribution in [0, 0.1) is 6.92 Å². The number of imidazole rings is 1. The molecule has 0 saturated heterocycles. The Morgan fingerprint density at radius 2 is 1.79 bits per heavy atom. The number of carbonyl (C=O) groups excluding carboxylic acids is 1. The fourth-order valence-electron chi connectivity index (χ4n) is 3.22. The molecule has 6 heteroatoms. The number of pyridine rings is 2. The standard InChI is InChI=1S/C22H20N4O2/c1-15-20(26-13-3-4-19(28-2)21(26)24-15)22(27)25-18-7-5-16(6-8-18)14-17-9-11-23-12-10-17/h3-13H,14H2,1-2H3,(H,25,27). The van der Waals surface area contributed by atoms with E-state index in [1.54, 1.807) is 23.9 Å². The highest BCUT2D eigenvalue weighted by atomic mass is 16.5. The van der Waals surface area contributed by atoms with Crippen molar-refractivity contribution in [2.45, 2.75) is 13.3 Å². The first-order chi connectivity index (χ1) is 13.7. The van der Waals surface area contributed by atoms with Gasteiger partial charge >= 0.3 is 0 Å². The van der Waals surface area contributed by atoms with Crippen molar-refractivity contribution in [3.05, 3.63) is 89.6 Å². The SMILES string of the molecule is COc1cccn2c(C(=O)Nc3ccc(Cc4ccncc4)cc3)c(C)nc12. The number of hydrogen-bond donors (Lipinski definition) is 1. The van der Waals surface area contributed by atoms with Gasteiger partial charge in [0, 0.05) is 24.3 Å². The summed E-state index contributed by atoms with van der Waals surface area (Å²) in [6.07, 6.45) is 6.21. The van der Waals surface area contributed by atoms with Gasteiger partial charge in [0.25, 0.3) is 5.91 Å². The molecule has 0 spiro atoms. The second-order valence-corrected chi connectivity index (χ2v) is 6.50. The van der Waals surface area contributed by atoms with Crippen molar-refractivity contribution in [1.29, 1.82) is 0 Å². The molecular weight excluding hydrogens is 352 g/mol. The number of benzene rings is 1. The molecule has 0 aliphatic rings. The summed E-state index contributed by atoms with van der Waals surface area (Å²) in [4.78, 5) is 21.4. The molecule has 0 aliphatic carbocycles. The summed E-state index contributed by atoms with van der Waals surface area (Å²) in [5, 5.41) is 2.96. The van der Waals surface area contributed by atoms with Gasteiger partial charge in [-0.2, -0.15) is 0 Å². The van der Waals surface area contributed by atoms with E-state index in [4.69, 9.17) is 4.74 Å². The Bertz CT molecular complexity index is 1120. The summed E-state index contributed by atoms with van der Waals surface area (Å²) in [5.41, 5.74) is 4.87. The fourth-order valence-corrected chi connectivity index (χ4v) is 3.22. The second-order valence-electron chi connectivity index (χ2n) is 6.50. The lowest BCUT2D eigenvalue weighted by molar-refractivity contribution is 0.102. The van der Waals surface area contributed by atoms with Crippen molar-refractivity contribution in [1.82, 2.24) is 14.4 Å². The Balaban J connectivity index is 1.54. The van der Waals surface area contributed by atoms with Crippen molar-refractivity contribution >= 4 is 17.2 Å². The van der Waals surface area contributed by atoms with E-state index in [1.165, 1.54) is 11.1 Å². The Morgan fingerprint density at radius 3 is 2.50 bits per heavy atom. The number of methoxy groups -OCH3 is 1. The molecule has 0 unspecified atom stereocenters. The molecule has 0 saturated carbocycles. The van der Waals surface area contributed by atoms with Crippen LogP contribution in [0.15, 0.2) is 67.1 Å². The van der Waals surface area contributed by atoms with Gasteiger partial charge in [0.2, 0.25) is 0 Å². The number of hydrogen-bond acceptors (Lipinski definition) is 4. The number of ether oxygens (including phenoxy) is 1. The van der Waals surface area contributed by atoms with Crippen molar-refractivity contribution in [3.8, 4) is 5.75 Å². The van der Waals surface area contributed by atoms with E-state index in [9.17, 15) is 4.79 Å². The fraction of sp³-hybridized carbons (Fsp3) is 0.136. The van der Waals surface area contributed by atoms with Crippen LogP contribution >= 0.6 is 0 Å². The second kappa shape index (κ2) is 7.52. The predicted molar refractivity (Wildman–Crippen MR) is 108 cm³/mol. The quantitative estimate of drug-likeness (QED) is 0.577. The molecule has 0 bridgehead atoms. The van der Waals surface area contributed by atoms with E-state index in [-0.39, 0.29) is 5.91 Å². The minimum atomic E-state index is -0.208. The zero-order chi connectivity index (χ0) is 19.5. The molecule has 4 aromatic rings. The highest BCUT2D eigenvalue weighted by Gasteiger charge is 2.18. The maximum Gasteiger partial charge on any atom is 0.274 e. The van der Waals surface area contributed by atoms with Gasteiger partial charge in [-0.25, -0.2) is 4.98 Å². The molecule has 1 amide bonds. The number of nitrogens with zero attached hydrogens (tertiary/aromatic N) is 3. The van der Waals surface area contributed by atoms with Crippen LogP contribution in [-0.4, -0.2) is 27.4 Å². The molecule has 1 N–H and O–H groups in total. The molecule has 28 heavy (non-hydrogen) atoms. The number of aryl methyl sites for hydroxylation is 1. The summed E-state index contributed by atoms with van der Waals surface area (Å²) < 4.78 is 7.09. The van der Waals surface area contributed by atoms with Crippen molar-refractivity contribution in [2.24, 2.45) is 0 Å². The van der Waals surface area contributed by atoms with Gasteiger partial charge in [0.05, 0.1) is 12.8 Å². The predicted octanol–water partition coefficient (Wildman–Crippen LogP) is 3.89. The summed E-state index contributed by atoms with van der Waals surface area (Å²) in [7, 11) is 1.59. The molecule has 1 aromatic carbocycles. The molecule has 0 fully saturated rings. The summed E-state index contributed by atoms with van der Waals surface area (Å²) in [5.74, 6) is 0.422. The highest BCUT2D eigenvalue weighted by Crippen LogP contribution is 2.22. The molecule has 140 valence electrons. The van der Waals surface area contributed by atoms with Crippen molar-refractivity contribution in [3.63, 3.8) is 0 Å². The minimum Gasteiger partial charge on any atom is -0.493 e. The van der Waals surface area contributed by atoms with Gasteiger partial charge in [-0.05, 0) is 60.9 Å². The Labute approximate surface area is 162 Å². The Kier molecular flexibility index (Phi) is 4.76. The van der Waals surface area contributed by atoms with E-state index >= 15 is 0 Å². The number of fused-ring (bicyclic) bond motifs is 1. The van der Waals surface area contributed by atoms with E-state index in [1.807, 2.05) is 61.7 Å². The van der Waals surface area contributed by atoms with Crippen LogP contribution in [-0.2, 0) is 6.42 Å². The van der Waals surface area contributed by atoms with Gasteiger partial charge in [-0.3, -0.25) is 14.2 Å². The molecule has 3 aromatic heterocycles. The lowest BCUT2D eigenvalue weighted by Crippen LogP contribution is -2.15. The van der Waals surface area contributed by atoms with Crippen molar-refractivity contribution in [2.75, 3.05) is 12.4 Å². The van der Waals surface area contributed by atoms with Crippen LogP contribution in [0.2, 0.25) is 0 Å². The van der Waals surface area contributed by atoms with Gasteiger partial charge in [0.1, 0.15) is 5.69 Å². The van der Waals surface area contributed by atoms with Crippen LogP contribution < -0.4 is 10.1 Å². The van der Waals surface area contributed by atoms with E-state index < -0.39 is 0 Å². The molecule has 0 aliphatic heterocycles. The average molecular weight is 372 g/mol. The van der Waals surface area contributed by atoms with E-state index in [0.29, 0.717) is 22.8 Å². The zero-order valence-corrected chi connectivity index (χ0v) is 15.7. The zero-order valence-electron chi connectivity index (χ0n) is 15.7. The van der Waals surface area contributed by atoms with Crippen LogP contribution in [0.3, 0.4) is 0 Å². The lowest BCUT2D eigenvalue weighted by atomic mass is 10.1. The van der Waals surface area contributed by atoms with E-state index in [0.717, 1.165) is 12.1 Å². The summed E-state index contributed by atoms with van der Waals surface area (Å²) in [6, 6.07) is 15.5. The Morgan fingerprint density at radius 1 is 1.07 bits per heavy atom. The molecule has 3 heterocycles. The first kappa shape index (κ1) is 17.7. The van der Waals surface area contributed by atoms with Gasteiger partial charge in [-0.1, -0.05) is 12.1 Å². The van der Waals surface area contributed by atoms with Crippen LogP contribution in [0.1, 0.15) is 27.3 Å². The molecule has 0 radical (unpaired) electrons. The van der Waals surface area contributed by atoms with Crippen LogP contribution in [0.4, 0.5) is 5.69 Å². The summed E-state index contributed by atoms with van der Waals surface area (Å²) >= 11 is 0. The maximum atomic E-state index is 12.9.